The van der Waals surface area contributed by atoms with Crippen LogP contribution in [0.1, 0.15) is 20.3 Å². The maximum absolute atomic E-state index is 12.1. The van der Waals surface area contributed by atoms with Gasteiger partial charge in [0.25, 0.3) is 0 Å². The number of nitrogens with zero attached hydrogens (tertiary/aromatic N) is 1. The number of rotatable bonds is 8. The van der Waals surface area contributed by atoms with Crippen molar-refractivity contribution in [3.05, 3.63) is 0 Å². The summed E-state index contributed by atoms with van der Waals surface area (Å²) in [5, 5.41) is 11.2. The molecule has 0 saturated heterocycles. The van der Waals surface area contributed by atoms with Crippen LogP contribution in [0.5, 0.6) is 0 Å². The molecule has 0 radical (unpaired) electrons. The van der Waals surface area contributed by atoms with Crippen molar-refractivity contribution >= 4 is 17.8 Å². The van der Waals surface area contributed by atoms with E-state index in [0.29, 0.717) is 0 Å². The van der Waals surface area contributed by atoms with Gasteiger partial charge in [0.2, 0.25) is 11.8 Å². The van der Waals surface area contributed by atoms with E-state index in [2.05, 4.69) is 10.1 Å². The van der Waals surface area contributed by atoms with Crippen molar-refractivity contribution in [3.8, 4) is 0 Å². The maximum atomic E-state index is 12.1. The van der Waals surface area contributed by atoms with Crippen molar-refractivity contribution in [2.24, 2.45) is 5.92 Å². The molecule has 19 heavy (non-hydrogen) atoms. The molecule has 0 saturated carbocycles. The van der Waals surface area contributed by atoms with Crippen LogP contribution < -0.4 is 5.32 Å². The fourth-order valence-corrected chi connectivity index (χ4v) is 1.47. The molecular formula is C12H22N2O5. The highest BCUT2D eigenvalue weighted by Crippen LogP contribution is 2.06. The van der Waals surface area contributed by atoms with Gasteiger partial charge in [-0.2, -0.15) is 0 Å². The van der Waals surface area contributed by atoms with Gasteiger partial charge in [-0.15, -0.1) is 0 Å². The monoisotopic (exact) mass is 274 g/mol. The van der Waals surface area contributed by atoms with E-state index in [4.69, 9.17) is 5.11 Å². The second-order valence-electron chi connectivity index (χ2n) is 4.63. The van der Waals surface area contributed by atoms with E-state index in [1.54, 1.807) is 13.8 Å². The molecule has 0 fully saturated rings. The second-order valence-corrected chi connectivity index (χ2v) is 4.63. The minimum atomic E-state index is -0.968. The summed E-state index contributed by atoms with van der Waals surface area (Å²) < 4.78 is 4.69. The van der Waals surface area contributed by atoms with Gasteiger partial charge in [-0.1, -0.05) is 13.8 Å². The van der Waals surface area contributed by atoms with E-state index in [1.165, 1.54) is 19.1 Å². The number of hydrogen-bond donors (Lipinski definition) is 2. The number of likely N-dealkylation sites (N-methyl/N-ethyl adjacent to an activating group) is 1. The predicted molar refractivity (Wildman–Crippen MR) is 68.5 cm³/mol. The number of hydrogen-bond acceptors (Lipinski definition) is 4. The van der Waals surface area contributed by atoms with Crippen LogP contribution in [0.3, 0.4) is 0 Å². The Morgan fingerprint density at radius 3 is 2.32 bits per heavy atom. The van der Waals surface area contributed by atoms with Gasteiger partial charge in [-0.25, -0.2) is 0 Å². The smallest absolute Gasteiger partial charge is 0.305 e. The Kier molecular flexibility index (Phi) is 7.74. The SMILES string of the molecule is COCC(=O)N[C@H](C(=O)N(C)CCC(=O)O)C(C)C. The summed E-state index contributed by atoms with van der Waals surface area (Å²) >= 11 is 0. The summed E-state index contributed by atoms with van der Waals surface area (Å²) in [5.41, 5.74) is 0. The molecule has 0 rings (SSSR count). The fraction of sp³-hybridized carbons (Fsp3) is 0.750. The van der Waals surface area contributed by atoms with Gasteiger partial charge in [0.15, 0.2) is 0 Å². The Morgan fingerprint density at radius 2 is 1.89 bits per heavy atom. The summed E-state index contributed by atoms with van der Waals surface area (Å²) in [7, 11) is 2.91. The van der Waals surface area contributed by atoms with Gasteiger partial charge in [-0.3, -0.25) is 14.4 Å². The van der Waals surface area contributed by atoms with Crippen LogP contribution >= 0.6 is 0 Å². The van der Waals surface area contributed by atoms with E-state index < -0.39 is 12.0 Å². The normalized spacial score (nSPS) is 12.1. The first-order valence-corrected chi connectivity index (χ1v) is 6.04. The Bertz CT molecular complexity index is 330. The molecule has 0 aliphatic heterocycles. The molecule has 7 heteroatoms. The lowest BCUT2D eigenvalue weighted by Gasteiger charge is -2.26. The van der Waals surface area contributed by atoms with Crippen molar-refractivity contribution in [2.45, 2.75) is 26.3 Å². The number of aliphatic carboxylic acids is 1. The molecule has 0 bridgehead atoms. The first-order valence-electron chi connectivity index (χ1n) is 6.04. The molecule has 0 aromatic heterocycles. The van der Waals surface area contributed by atoms with Gasteiger partial charge < -0.3 is 20.1 Å². The number of methoxy groups -OCH3 is 1. The van der Waals surface area contributed by atoms with E-state index >= 15 is 0 Å². The molecule has 0 heterocycles. The number of ether oxygens (including phenoxy) is 1. The third-order valence-electron chi connectivity index (χ3n) is 2.56. The molecule has 1 atom stereocenters. The minimum Gasteiger partial charge on any atom is -0.481 e. The molecule has 2 N–H and O–H groups in total. The zero-order chi connectivity index (χ0) is 15.0. The molecule has 0 spiro atoms. The van der Waals surface area contributed by atoms with Crippen molar-refractivity contribution in [1.29, 1.82) is 0 Å². The van der Waals surface area contributed by atoms with Crippen LogP contribution in [0.15, 0.2) is 0 Å². The van der Waals surface area contributed by atoms with E-state index in [-0.39, 0.29) is 37.3 Å². The first kappa shape index (κ1) is 17.4. The van der Waals surface area contributed by atoms with Gasteiger partial charge >= 0.3 is 5.97 Å². The third-order valence-corrected chi connectivity index (χ3v) is 2.56. The quantitative estimate of drug-likeness (QED) is 0.634. The molecule has 0 aliphatic rings. The molecule has 0 aliphatic carbocycles. The van der Waals surface area contributed by atoms with Gasteiger partial charge in [0.1, 0.15) is 12.6 Å². The molecule has 0 aromatic carbocycles. The minimum absolute atomic E-state index is 0.0967. The van der Waals surface area contributed by atoms with Crippen molar-refractivity contribution in [1.82, 2.24) is 10.2 Å². The Morgan fingerprint density at radius 1 is 1.32 bits per heavy atom. The van der Waals surface area contributed by atoms with Gasteiger partial charge in [0, 0.05) is 20.7 Å². The Labute approximate surface area is 112 Å². The zero-order valence-electron chi connectivity index (χ0n) is 11.8. The predicted octanol–water partition coefficient (Wildman–Crippen LogP) is -0.293. The summed E-state index contributed by atoms with van der Waals surface area (Å²) in [6.07, 6.45) is -0.126. The summed E-state index contributed by atoms with van der Waals surface area (Å²) in [4.78, 5) is 35.3. The second kappa shape index (κ2) is 8.47. The lowest BCUT2D eigenvalue weighted by molar-refractivity contribution is -0.140. The number of nitrogens with one attached hydrogen (secondary N) is 1. The van der Waals surface area contributed by atoms with Crippen molar-refractivity contribution in [2.75, 3.05) is 27.3 Å². The molecule has 2 amide bonds. The Balaban J connectivity index is 4.56. The number of carbonyl (C=O) groups excluding carboxylic acids is 2. The molecule has 7 nitrogen and oxygen atoms in total. The van der Waals surface area contributed by atoms with Crippen LogP contribution in [-0.4, -0.2) is 61.1 Å². The van der Waals surface area contributed by atoms with Gasteiger partial charge in [-0.05, 0) is 5.92 Å². The molecule has 0 aromatic rings. The summed E-state index contributed by atoms with van der Waals surface area (Å²) in [6.45, 7) is 3.61. The highest BCUT2D eigenvalue weighted by Gasteiger charge is 2.26. The van der Waals surface area contributed by atoms with E-state index in [0.717, 1.165) is 0 Å². The molecule has 0 unspecified atom stereocenters. The number of carboxylic acid groups (broad SMARTS) is 1. The Hall–Kier alpha value is -1.63. The van der Waals surface area contributed by atoms with E-state index in [9.17, 15) is 14.4 Å². The summed E-state index contributed by atoms with van der Waals surface area (Å²) in [6, 6.07) is -0.679. The number of carbonyl (C=O) groups is 3. The van der Waals surface area contributed by atoms with Crippen molar-refractivity contribution < 1.29 is 24.2 Å². The fourth-order valence-electron chi connectivity index (χ4n) is 1.47. The maximum Gasteiger partial charge on any atom is 0.305 e. The van der Waals surface area contributed by atoms with Crippen molar-refractivity contribution in [3.63, 3.8) is 0 Å². The lowest BCUT2D eigenvalue weighted by Crippen LogP contribution is -2.51. The molecule has 110 valence electrons. The van der Waals surface area contributed by atoms with Crippen LogP contribution in [0.2, 0.25) is 0 Å². The first-order chi connectivity index (χ1) is 8.79. The standard InChI is InChI=1S/C12H22N2O5/c1-8(2)11(13-9(15)7-19-4)12(18)14(3)6-5-10(16)17/h8,11H,5-7H2,1-4H3,(H,13,15)(H,16,17)/t11-/m0/s1. The lowest BCUT2D eigenvalue weighted by atomic mass is 10.0. The van der Waals surface area contributed by atoms with Crippen LogP contribution in [0, 0.1) is 5.92 Å². The van der Waals surface area contributed by atoms with Crippen LogP contribution in [0.4, 0.5) is 0 Å². The van der Waals surface area contributed by atoms with Crippen LogP contribution in [-0.2, 0) is 19.1 Å². The number of carboxylic acids is 1. The average Bonchev–Trinajstić information content (AvgIpc) is 2.32. The summed E-state index contributed by atoms with van der Waals surface area (Å²) in [5.74, 6) is -1.74. The average molecular weight is 274 g/mol. The zero-order valence-corrected chi connectivity index (χ0v) is 11.8. The largest absolute Gasteiger partial charge is 0.481 e. The number of amides is 2. The van der Waals surface area contributed by atoms with Crippen LogP contribution in [0.25, 0.3) is 0 Å². The highest BCUT2D eigenvalue weighted by molar-refractivity contribution is 5.88. The molecular weight excluding hydrogens is 252 g/mol. The highest BCUT2D eigenvalue weighted by atomic mass is 16.5. The van der Waals surface area contributed by atoms with E-state index in [1.807, 2.05) is 0 Å². The van der Waals surface area contributed by atoms with Gasteiger partial charge in [0.05, 0.1) is 6.42 Å². The topological polar surface area (TPSA) is 95.9 Å². The third kappa shape index (κ3) is 6.76.